The predicted molar refractivity (Wildman–Crippen MR) is 65.5 cm³/mol. The lowest BCUT2D eigenvalue weighted by molar-refractivity contribution is -0.133. The van der Waals surface area contributed by atoms with Crippen LogP contribution in [0.4, 0.5) is 0 Å². The van der Waals surface area contributed by atoms with Crippen LogP contribution in [0.25, 0.3) is 0 Å². The molecule has 2 N–H and O–H groups in total. The Kier molecular flexibility index (Phi) is 3.12. The Hall–Kier alpha value is -1.32. The molecule has 0 bridgehead atoms. The zero-order valence-corrected chi connectivity index (χ0v) is 11.3. The standard InChI is InChI=1S/C13H21NO3/c1-7(8(2)10(16)17)9(15)14-11-12(3,4)13(11,5)6/h11H,1-6H3,(H,14,15)(H,16,17). The minimum Gasteiger partial charge on any atom is -0.478 e. The summed E-state index contributed by atoms with van der Waals surface area (Å²) in [6, 6.07) is 0.0963. The highest BCUT2D eigenvalue weighted by atomic mass is 16.4. The number of carboxylic acids is 1. The van der Waals surface area contributed by atoms with E-state index in [-0.39, 0.29) is 33.9 Å². The summed E-state index contributed by atoms with van der Waals surface area (Å²) in [7, 11) is 0. The molecule has 0 spiro atoms. The van der Waals surface area contributed by atoms with Gasteiger partial charge < -0.3 is 10.4 Å². The first-order chi connectivity index (χ1) is 7.53. The molecule has 0 aromatic carbocycles. The Morgan fingerprint density at radius 2 is 1.41 bits per heavy atom. The predicted octanol–water partition coefficient (Wildman–Crippen LogP) is 1.96. The highest BCUT2D eigenvalue weighted by Crippen LogP contribution is 2.62. The topological polar surface area (TPSA) is 66.4 Å². The highest BCUT2D eigenvalue weighted by Gasteiger charge is 2.65. The Bertz CT molecular complexity index is 391. The summed E-state index contributed by atoms with van der Waals surface area (Å²) in [6.45, 7) is 11.4. The van der Waals surface area contributed by atoms with Gasteiger partial charge in [0.2, 0.25) is 5.91 Å². The molecule has 0 aromatic heterocycles. The van der Waals surface area contributed by atoms with Crippen molar-refractivity contribution in [2.45, 2.75) is 47.6 Å². The van der Waals surface area contributed by atoms with Crippen LogP contribution >= 0.6 is 0 Å². The van der Waals surface area contributed by atoms with Gasteiger partial charge in [-0.2, -0.15) is 0 Å². The molecule has 0 aromatic rings. The molecule has 1 saturated carbocycles. The van der Waals surface area contributed by atoms with Crippen molar-refractivity contribution in [1.29, 1.82) is 0 Å². The molecule has 96 valence electrons. The zero-order valence-electron chi connectivity index (χ0n) is 11.3. The number of carbonyl (C=O) groups excluding carboxylic acids is 1. The maximum Gasteiger partial charge on any atom is 0.331 e. The second-order valence-electron chi connectivity index (χ2n) is 5.91. The van der Waals surface area contributed by atoms with E-state index in [9.17, 15) is 9.59 Å². The Balaban J connectivity index is 2.77. The summed E-state index contributed by atoms with van der Waals surface area (Å²) in [5.74, 6) is -1.33. The third kappa shape index (κ3) is 2.08. The monoisotopic (exact) mass is 239 g/mol. The average molecular weight is 239 g/mol. The number of carboxylic acid groups (broad SMARTS) is 1. The first-order valence-electron chi connectivity index (χ1n) is 5.75. The summed E-state index contributed by atoms with van der Waals surface area (Å²) in [6.07, 6.45) is 0. The molecule has 0 saturated heterocycles. The van der Waals surface area contributed by atoms with Gasteiger partial charge in [-0.1, -0.05) is 27.7 Å². The Morgan fingerprint density at radius 1 is 1.00 bits per heavy atom. The molecule has 4 nitrogen and oxygen atoms in total. The molecule has 1 aliphatic rings. The van der Waals surface area contributed by atoms with E-state index in [4.69, 9.17) is 5.11 Å². The number of hydrogen-bond acceptors (Lipinski definition) is 2. The average Bonchev–Trinajstić information content (AvgIpc) is 2.58. The molecule has 1 aliphatic carbocycles. The van der Waals surface area contributed by atoms with Crippen LogP contribution in [0.3, 0.4) is 0 Å². The van der Waals surface area contributed by atoms with E-state index in [1.165, 1.54) is 6.92 Å². The van der Waals surface area contributed by atoms with Crippen LogP contribution in [0.5, 0.6) is 0 Å². The Labute approximate surface area is 102 Å². The van der Waals surface area contributed by atoms with Gasteiger partial charge in [0.05, 0.1) is 0 Å². The lowest BCUT2D eigenvalue weighted by atomic mass is 10.0. The fourth-order valence-electron chi connectivity index (χ4n) is 2.13. The maximum absolute atomic E-state index is 11.9. The Morgan fingerprint density at radius 3 is 1.71 bits per heavy atom. The minimum atomic E-state index is -1.05. The number of amides is 1. The second-order valence-corrected chi connectivity index (χ2v) is 5.91. The van der Waals surface area contributed by atoms with E-state index in [1.807, 2.05) is 0 Å². The summed E-state index contributed by atoms with van der Waals surface area (Å²) in [5.41, 5.74) is 0.481. The zero-order chi connectivity index (χ0) is 13.6. The van der Waals surface area contributed by atoms with Gasteiger partial charge in [-0.25, -0.2) is 4.79 Å². The number of hydrogen-bond donors (Lipinski definition) is 2. The van der Waals surface area contributed by atoms with E-state index in [0.717, 1.165) is 0 Å². The number of aliphatic carboxylic acids is 1. The van der Waals surface area contributed by atoms with Gasteiger partial charge in [-0.15, -0.1) is 0 Å². The van der Waals surface area contributed by atoms with Crippen molar-refractivity contribution in [3.8, 4) is 0 Å². The molecule has 1 amide bonds. The van der Waals surface area contributed by atoms with Gasteiger partial charge in [-0.3, -0.25) is 4.79 Å². The third-order valence-corrected chi connectivity index (χ3v) is 4.52. The first-order valence-corrected chi connectivity index (χ1v) is 5.75. The van der Waals surface area contributed by atoms with E-state index in [1.54, 1.807) is 6.92 Å². The van der Waals surface area contributed by atoms with Crippen molar-refractivity contribution in [3.05, 3.63) is 11.1 Å². The van der Waals surface area contributed by atoms with Crippen molar-refractivity contribution in [2.24, 2.45) is 10.8 Å². The lowest BCUT2D eigenvalue weighted by Crippen LogP contribution is -2.31. The van der Waals surface area contributed by atoms with Crippen molar-refractivity contribution in [1.82, 2.24) is 5.32 Å². The van der Waals surface area contributed by atoms with Gasteiger partial charge >= 0.3 is 5.97 Å². The normalized spacial score (nSPS) is 22.7. The third-order valence-electron chi connectivity index (χ3n) is 4.52. The van der Waals surface area contributed by atoms with Crippen molar-refractivity contribution in [3.63, 3.8) is 0 Å². The van der Waals surface area contributed by atoms with Gasteiger partial charge in [0.15, 0.2) is 0 Å². The van der Waals surface area contributed by atoms with E-state index < -0.39 is 5.97 Å². The van der Waals surface area contributed by atoms with E-state index in [0.29, 0.717) is 0 Å². The quantitative estimate of drug-likeness (QED) is 0.740. The van der Waals surface area contributed by atoms with Gasteiger partial charge in [0.1, 0.15) is 0 Å². The van der Waals surface area contributed by atoms with Crippen LogP contribution in [0.15, 0.2) is 11.1 Å². The molecular formula is C13H21NO3. The van der Waals surface area contributed by atoms with Gasteiger partial charge in [0, 0.05) is 17.2 Å². The van der Waals surface area contributed by atoms with Crippen LogP contribution in [-0.4, -0.2) is 23.0 Å². The fraction of sp³-hybridized carbons (Fsp3) is 0.692. The van der Waals surface area contributed by atoms with Crippen LogP contribution in [0, 0.1) is 10.8 Å². The maximum atomic E-state index is 11.9. The molecule has 4 heteroatoms. The van der Waals surface area contributed by atoms with Crippen molar-refractivity contribution < 1.29 is 14.7 Å². The van der Waals surface area contributed by atoms with Crippen LogP contribution in [0.2, 0.25) is 0 Å². The summed E-state index contributed by atoms with van der Waals surface area (Å²) < 4.78 is 0. The summed E-state index contributed by atoms with van der Waals surface area (Å²) in [5, 5.41) is 11.7. The molecule has 0 heterocycles. The van der Waals surface area contributed by atoms with E-state index in [2.05, 4.69) is 33.0 Å². The van der Waals surface area contributed by atoms with Gasteiger partial charge in [0.25, 0.3) is 0 Å². The number of nitrogens with one attached hydrogen (secondary N) is 1. The lowest BCUT2D eigenvalue weighted by Gasteiger charge is -2.08. The number of rotatable bonds is 3. The fourth-order valence-corrected chi connectivity index (χ4v) is 2.13. The smallest absolute Gasteiger partial charge is 0.331 e. The van der Waals surface area contributed by atoms with E-state index >= 15 is 0 Å². The molecule has 0 atom stereocenters. The minimum absolute atomic E-state index is 0.0556. The molecule has 0 aliphatic heterocycles. The van der Waals surface area contributed by atoms with Gasteiger partial charge in [-0.05, 0) is 24.7 Å². The molecule has 0 radical (unpaired) electrons. The summed E-state index contributed by atoms with van der Waals surface area (Å²) in [4.78, 5) is 22.6. The van der Waals surface area contributed by atoms with Crippen LogP contribution in [0.1, 0.15) is 41.5 Å². The molecule has 1 fully saturated rings. The second kappa shape index (κ2) is 3.86. The number of carbonyl (C=O) groups is 2. The van der Waals surface area contributed by atoms with Crippen molar-refractivity contribution >= 4 is 11.9 Å². The SMILES string of the molecule is CC(C(=O)O)=C(C)C(=O)NC1C(C)(C)C1(C)C. The molecule has 17 heavy (non-hydrogen) atoms. The largest absolute Gasteiger partial charge is 0.478 e. The molecular weight excluding hydrogens is 218 g/mol. The van der Waals surface area contributed by atoms with Crippen molar-refractivity contribution in [2.75, 3.05) is 0 Å². The van der Waals surface area contributed by atoms with Crippen LogP contribution < -0.4 is 5.32 Å². The highest BCUT2D eigenvalue weighted by molar-refractivity contribution is 6.01. The summed E-state index contributed by atoms with van der Waals surface area (Å²) >= 11 is 0. The molecule has 1 rings (SSSR count). The first kappa shape index (κ1) is 13.7. The molecule has 0 unspecified atom stereocenters. The van der Waals surface area contributed by atoms with Crippen LogP contribution in [-0.2, 0) is 9.59 Å².